The van der Waals surface area contributed by atoms with E-state index in [2.05, 4.69) is 13.8 Å². The molecule has 150 valence electrons. The normalized spacial score (nSPS) is 16.4. The van der Waals surface area contributed by atoms with E-state index in [0.717, 1.165) is 5.56 Å². The monoisotopic (exact) mass is 404 g/mol. The van der Waals surface area contributed by atoms with Crippen molar-refractivity contribution < 1.29 is 17.6 Å². The number of rotatable bonds is 6. The van der Waals surface area contributed by atoms with Gasteiger partial charge in [-0.15, -0.1) is 0 Å². The zero-order chi connectivity index (χ0) is 20.3. The van der Waals surface area contributed by atoms with Gasteiger partial charge < -0.3 is 0 Å². The van der Waals surface area contributed by atoms with Gasteiger partial charge in [0.1, 0.15) is 5.82 Å². The summed E-state index contributed by atoms with van der Waals surface area (Å²) in [5, 5.41) is 0. The molecule has 2 aromatic carbocycles. The Labute approximate surface area is 165 Å². The number of ketones is 1. The molecule has 0 spiro atoms. The zero-order valence-electron chi connectivity index (χ0n) is 16.1. The molecule has 0 saturated carbocycles. The van der Waals surface area contributed by atoms with Gasteiger partial charge in [-0.25, -0.2) is 12.8 Å². The van der Waals surface area contributed by atoms with Crippen molar-refractivity contribution in [3.63, 3.8) is 0 Å². The molecule has 28 heavy (non-hydrogen) atoms. The number of benzene rings is 2. The fourth-order valence-electron chi connectivity index (χ4n) is 3.23. The van der Waals surface area contributed by atoms with E-state index in [1.54, 1.807) is 12.1 Å². The standard InChI is InChI=1S/C21H25FN2O3S/c1-16(2)17-5-9-20(10-6-17)28(26,27)24-13-11-23(12-14-24)15-21(25)18-3-7-19(22)8-4-18/h3-10,16H,11-15H2,1-2H3. The molecule has 1 aliphatic heterocycles. The fraction of sp³-hybridized carbons (Fsp3) is 0.381. The van der Waals surface area contributed by atoms with Crippen LogP contribution in [0.4, 0.5) is 4.39 Å². The largest absolute Gasteiger partial charge is 0.293 e. The lowest BCUT2D eigenvalue weighted by molar-refractivity contribution is 0.0901. The van der Waals surface area contributed by atoms with Gasteiger partial charge in [-0.1, -0.05) is 26.0 Å². The molecular weight excluding hydrogens is 379 g/mol. The van der Waals surface area contributed by atoms with Gasteiger partial charge in [0.25, 0.3) is 0 Å². The van der Waals surface area contributed by atoms with E-state index in [9.17, 15) is 17.6 Å². The van der Waals surface area contributed by atoms with Crippen LogP contribution in [0.5, 0.6) is 0 Å². The van der Waals surface area contributed by atoms with Gasteiger partial charge in [0.2, 0.25) is 10.0 Å². The summed E-state index contributed by atoms with van der Waals surface area (Å²) in [7, 11) is -3.53. The molecule has 1 fully saturated rings. The van der Waals surface area contributed by atoms with Crippen molar-refractivity contribution in [2.45, 2.75) is 24.7 Å². The lowest BCUT2D eigenvalue weighted by Gasteiger charge is -2.33. The minimum Gasteiger partial charge on any atom is -0.293 e. The summed E-state index contributed by atoms with van der Waals surface area (Å²) in [5.74, 6) is -0.128. The summed E-state index contributed by atoms with van der Waals surface area (Å²) in [6.07, 6.45) is 0. The average Bonchev–Trinajstić information content (AvgIpc) is 2.69. The molecule has 1 heterocycles. The first kappa shape index (κ1) is 20.6. The fourth-order valence-corrected chi connectivity index (χ4v) is 4.65. The van der Waals surface area contributed by atoms with Crippen molar-refractivity contribution >= 4 is 15.8 Å². The highest BCUT2D eigenvalue weighted by Gasteiger charge is 2.29. The quantitative estimate of drug-likeness (QED) is 0.694. The number of hydrogen-bond acceptors (Lipinski definition) is 4. The van der Waals surface area contributed by atoms with Crippen molar-refractivity contribution in [3.8, 4) is 0 Å². The number of carbonyl (C=O) groups is 1. The molecular formula is C21H25FN2O3S. The van der Waals surface area contributed by atoms with Gasteiger partial charge in [-0.3, -0.25) is 9.69 Å². The van der Waals surface area contributed by atoms with Gasteiger partial charge in [0, 0.05) is 31.7 Å². The van der Waals surface area contributed by atoms with Gasteiger partial charge in [-0.05, 0) is 47.9 Å². The maximum Gasteiger partial charge on any atom is 0.243 e. The van der Waals surface area contributed by atoms with Crippen LogP contribution < -0.4 is 0 Å². The first-order valence-corrected chi connectivity index (χ1v) is 10.8. The minimum atomic E-state index is -3.53. The Hall–Kier alpha value is -2.09. The second kappa shape index (κ2) is 8.51. The van der Waals surface area contributed by atoms with E-state index in [4.69, 9.17) is 0 Å². The molecule has 1 saturated heterocycles. The van der Waals surface area contributed by atoms with Crippen LogP contribution >= 0.6 is 0 Å². The third-order valence-corrected chi connectivity index (χ3v) is 6.96. The number of halogens is 1. The molecule has 3 rings (SSSR count). The highest BCUT2D eigenvalue weighted by atomic mass is 32.2. The molecule has 0 unspecified atom stereocenters. The van der Waals surface area contributed by atoms with E-state index in [-0.39, 0.29) is 18.1 Å². The molecule has 0 aliphatic carbocycles. The molecule has 0 N–H and O–H groups in total. The molecule has 0 atom stereocenters. The van der Waals surface area contributed by atoms with E-state index >= 15 is 0 Å². The lowest BCUT2D eigenvalue weighted by Crippen LogP contribution is -2.49. The summed E-state index contributed by atoms with van der Waals surface area (Å²) in [5.41, 5.74) is 1.56. The van der Waals surface area contributed by atoms with Crippen molar-refractivity contribution in [1.82, 2.24) is 9.21 Å². The molecule has 0 bridgehead atoms. The van der Waals surface area contributed by atoms with E-state index in [0.29, 0.717) is 42.6 Å². The van der Waals surface area contributed by atoms with Gasteiger partial charge >= 0.3 is 0 Å². The van der Waals surface area contributed by atoms with Crippen LogP contribution in [0.25, 0.3) is 0 Å². The molecule has 0 radical (unpaired) electrons. The summed E-state index contributed by atoms with van der Waals surface area (Å²) in [6, 6.07) is 12.5. The predicted octanol–water partition coefficient (Wildman–Crippen LogP) is 3.14. The Morgan fingerprint density at radius 2 is 1.54 bits per heavy atom. The van der Waals surface area contributed by atoms with Crippen molar-refractivity contribution in [3.05, 3.63) is 65.5 Å². The van der Waals surface area contributed by atoms with E-state index < -0.39 is 10.0 Å². The molecule has 2 aromatic rings. The van der Waals surface area contributed by atoms with Crippen molar-refractivity contribution in [1.29, 1.82) is 0 Å². The van der Waals surface area contributed by atoms with Crippen LogP contribution in [-0.4, -0.2) is 56.1 Å². The summed E-state index contributed by atoms with van der Waals surface area (Å²) >= 11 is 0. The molecule has 5 nitrogen and oxygen atoms in total. The number of piperazine rings is 1. The smallest absolute Gasteiger partial charge is 0.243 e. The predicted molar refractivity (Wildman–Crippen MR) is 106 cm³/mol. The van der Waals surface area contributed by atoms with E-state index in [1.807, 2.05) is 17.0 Å². The highest BCUT2D eigenvalue weighted by molar-refractivity contribution is 7.89. The van der Waals surface area contributed by atoms with Crippen LogP contribution in [-0.2, 0) is 10.0 Å². The zero-order valence-corrected chi connectivity index (χ0v) is 17.0. The van der Waals surface area contributed by atoms with Gasteiger partial charge in [-0.2, -0.15) is 4.31 Å². The minimum absolute atomic E-state index is 0.0967. The third kappa shape index (κ3) is 4.66. The maximum atomic E-state index is 13.0. The Morgan fingerprint density at radius 1 is 0.964 bits per heavy atom. The SMILES string of the molecule is CC(C)c1ccc(S(=O)(=O)N2CCN(CC(=O)c3ccc(F)cc3)CC2)cc1. The third-order valence-electron chi connectivity index (χ3n) is 5.05. The number of hydrogen-bond donors (Lipinski definition) is 0. The van der Waals surface area contributed by atoms with Gasteiger partial charge in [0.15, 0.2) is 5.78 Å². The first-order chi connectivity index (χ1) is 13.3. The van der Waals surface area contributed by atoms with Crippen LogP contribution in [0.2, 0.25) is 0 Å². The molecule has 7 heteroatoms. The summed E-state index contributed by atoms with van der Waals surface area (Å²) in [6.45, 7) is 5.97. The maximum absolute atomic E-state index is 13.0. The van der Waals surface area contributed by atoms with Crippen LogP contribution in [0, 0.1) is 5.82 Å². The Morgan fingerprint density at radius 3 is 2.07 bits per heavy atom. The summed E-state index contributed by atoms with van der Waals surface area (Å²) in [4.78, 5) is 14.5. The van der Waals surface area contributed by atoms with Crippen LogP contribution in [0.15, 0.2) is 53.4 Å². The topological polar surface area (TPSA) is 57.7 Å². The lowest BCUT2D eigenvalue weighted by atomic mass is 10.0. The van der Waals surface area contributed by atoms with Crippen LogP contribution in [0.3, 0.4) is 0 Å². The average molecular weight is 405 g/mol. The molecule has 1 aliphatic rings. The van der Waals surface area contributed by atoms with Gasteiger partial charge in [0.05, 0.1) is 11.4 Å². The molecule has 0 amide bonds. The number of carbonyl (C=O) groups excluding carboxylic acids is 1. The second-order valence-electron chi connectivity index (χ2n) is 7.33. The van der Waals surface area contributed by atoms with E-state index in [1.165, 1.54) is 28.6 Å². The number of sulfonamides is 1. The second-order valence-corrected chi connectivity index (χ2v) is 9.27. The Balaban J connectivity index is 1.59. The Bertz CT molecular complexity index is 917. The summed E-state index contributed by atoms with van der Waals surface area (Å²) < 4.78 is 40.2. The first-order valence-electron chi connectivity index (χ1n) is 9.38. The number of Topliss-reactive ketones (excluding diaryl/α,β-unsaturated/α-hetero) is 1. The Kier molecular flexibility index (Phi) is 6.27. The molecule has 0 aromatic heterocycles. The van der Waals surface area contributed by atoms with Crippen molar-refractivity contribution in [2.24, 2.45) is 0 Å². The highest BCUT2D eigenvalue weighted by Crippen LogP contribution is 2.21. The van der Waals surface area contributed by atoms with Crippen molar-refractivity contribution in [2.75, 3.05) is 32.7 Å². The van der Waals surface area contributed by atoms with Crippen LogP contribution in [0.1, 0.15) is 35.7 Å². The number of nitrogens with zero attached hydrogens (tertiary/aromatic N) is 2.